The average Bonchev–Trinajstić information content (AvgIpc) is 2.26. The van der Waals surface area contributed by atoms with Crippen molar-refractivity contribution in [3.05, 3.63) is 41.7 Å². The van der Waals surface area contributed by atoms with Crippen molar-refractivity contribution >= 4 is 12.4 Å². The molecule has 0 unspecified atom stereocenters. The summed E-state index contributed by atoms with van der Waals surface area (Å²) in [5, 5.41) is 0. The zero-order chi connectivity index (χ0) is 10.4. The summed E-state index contributed by atoms with van der Waals surface area (Å²) < 4.78 is 17.8. The lowest BCUT2D eigenvalue weighted by Crippen LogP contribution is -1.99. The quantitative estimate of drug-likeness (QED) is 0.864. The second-order valence-corrected chi connectivity index (χ2v) is 2.91. The van der Waals surface area contributed by atoms with Crippen LogP contribution < -0.4 is 10.5 Å². The fourth-order valence-electron chi connectivity index (χ4n) is 1.11. The fraction of sp³-hybridized carbons (Fsp3) is 0.273. The lowest BCUT2D eigenvalue weighted by molar-refractivity contribution is 0.414. The molecule has 0 heterocycles. The molecule has 15 heavy (non-hydrogen) atoms. The van der Waals surface area contributed by atoms with Crippen LogP contribution in [0.25, 0.3) is 0 Å². The highest BCUT2D eigenvalue weighted by Gasteiger charge is 1.95. The van der Waals surface area contributed by atoms with E-state index in [9.17, 15) is 4.39 Å². The maximum atomic E-state index is 12.7. The minimum atomic E-state index is -0.284. The van der Waals surface area contributed by atoms with Crippen LogP contribution in [0, 0.1) is 0 Å². The lowest BCUT2D eigenvalue weighted by Gasteiger charge is -2.01. The average molecular weight is 232 g/mol. The van der Waals surface area contributed by atoms with Crippen molar-refractivity contribution in [2.24, 2.45) is 5.73 Å². The molecule has 1 aromatic rings. The summed E-state index contributed by atoms with van der Waals surface area (Å²) in [6.45, 7) is -0.0377. The number of halogens is 2. The van der Waals surface area contributed by atoms with Gasteiger partial charge in [-0.1, -0.05) is 12.1 Å². The van der Waals surface area contributed by atoms with Gasteiger partial charge in [0.15, 0.2) is 0 Å². The van der Waals surface area contributed by atoms with Gasteiger partial charge in [-0.05, 0) is 30.2 Å². The Balaban J connectivity index is 0.00000196. The zero-order valence-corrected chi connectivity index (χ0v) is 9.39. The van der Waals surface area contributed by atoms with Gasteiger partial charge in [-0.3, -0.25) is 0 Å². The first kappa shape index (κ1) is 13.9. The molecule has 0 aliphatic carbocycles. The minimum Gasteiger partial charge on any atom is -0.497 e. The molecular weight excluding hydrogens is 217 g/mol. The van der Waals surface area contributed by atoms with Crippen LogP contribution >= 0.6 is 12.4 Å². The van der Waals surface area contributed by atoms with E-state index in [0.717, 1.165) is 11.3 Å². The Hall–Kier alpha value is -1.06. The van der Waals surface area contributed by atoms with Gasteiger partial charge in [0.05, 0.1) is 7.11 Å². The number of rotatable bonds is 4. The van der Waals surface area contributed by atoms with E-state index in [0.29, 0.717) is 6.42 Å². The molecule has 4 heteroatoms. The second-order valence-electron chi connectivity index (χ2n) is 2.91. The highest BCUT2D eigenvalue weighted by Crippen LogP contribution is 2.13. The van der Waals surface area contributed by atoms with E-state index in [1.54, 1.807) is 7.11 Å². The Morgan fingerprint density at radius 2 is 2.27 bits per heavy atom. The minimum absolute atomic E-state index is 0. The van der Waals surface area contributed by atoms with Crippen LogP contribution in [0.4, 0.5) is 4.39 Å². The normalized spacial score (nSPS) is 10.7. The number of hydrogen-bond acceptors (Lipinski definition) is 2. The fourth-order valence-corrected chi connectivity index (χ4v) is 1.11. The van der Waals surface area contributed by atoms with Gasteiger partial charge in [0.2, 0.25) is 0 Å². The summed E-state index contributed by atoms with van der Waals surface area (Å²) in [7, 11) is 1.61. The highest BCUT2D eigenvalue weighted by molar-refractivity contribution is 5.85. The number of benzene rings is 1. The van der Waals surface area contributed by atoms with Crippen LogP contribution in [-0.2, 0) is 6.42 Å². The summed E-state index contributed by atoms with van der Waals surface area (Å²) in [5.41, 5.74) is 6.13. The van der Waals surface area contributed by atoms with Crippen LogP contribution in [0.1, 0.15) is 5.56 Å². The summed E-state index contributed by atoms with van der Waals surface area (Å²) in [5.74, 6) is 0.497. The van der Waals surface area contributed by atoms with Crippen LogP contribution in [-0.4, -0.2) is 13.7 Å². The van der Waals surface area contributed by atoms with Crippen molar-refractivity contribution in [1.29, 1.82) is 0 Å². The van der Waals surface area contributed by atoms with E-state index in [-0.39, 0.29) is 24.8 Å². The number of allylic oxidation sites excluding steroid dienone is 1. The Morgan fingerprint density at radius 1 is 1.53 bits per heavy atom. The molecule has 0 aromatic heterocycles. The predicted octanol–water partition coefficient (Wildman–Crippen LogP) is 2.47. The first-order valence-corrected chi connectivity index (χ1v) is 4.44. The molecule has 0 fully saturated rings. The van der Waals surface area contributed by atoms with E-state index in [2.05, 4.69) is 0 Å². The van der Waals surface area contributed by atoms with Gasteiger partial charge in [0, 0.05) is 6.54 Å². The molecule has 2 nitrogen and oxygen atoms in total. The van der Waals surface area contributed by atoms with Gasteiger partial charge in [-0.15, -0.1) is 12.4 Å². The van der Waals surface area contributed by atoms with Crippen molar-refractivity contribution in [2.75, 3.05) is 13.7 Å². The van der Waals surface area contributed by atoms with Gasteiger partial charge in [0.25, 0.3) is 0 Å². The molecule has 0 aliphatic rings. The van der Waals surface area contributed by atoms with Crippen molar-refractivity contribution < 1.29 is 9.13 Å². The zero-order valence-electron chi connectivity index (χ0n) is 8.57. The maximum Gasteiger partial charge on any atom is 0.119 e. The highest BCUT2D eigenvalue weighted by atomic mass is 35.5. The van der Waals surface area contributed by atoms with E-state index >= 15 is 0 Å². The van der Waals surface area contributed by atoms with Crippen molar-refractivity contribution in [3.63, 3.8) is 0 Å². The molecule has 0 aliphatic heterocycles. The first-order valence-electron chi connectivity index (χ1n) is 4.44. The third kappa shape index (κ3) is 4.81. The molecule has 0 saturated heterocycles. The van der Waals surface area contributed by atoms with E-state index in [1.165, 1.54) is 6.08 Å². The predicted molar refractivity (Wildman–Crippen MR) is 62.2 cm³/mol. The number of ether oxygens (including phenoxy) is 1. The molecule has 1 rings (SSSR count). The Morgan fingerprint density at radius 3 is 2.87 bits per heavy atom. The Kier molecular flexibility index (Phi) is 6.75. The van der Waals surface area contributed by atoms with E-state index < -0.39 is 0 Å². The number of hydrogen-bond donors (Lipinski definition) is 1. The standard InChI is InChI=1S/C11H14FNO.ClH/c1-14-11-4-2-3-9(7-11)5-6-10(12)8-13;/h2-4,6-7H,5,8,13H2,1H3;1H/b10-6+;. The van der Waals surface area contributed by atoms with Crippen LogP contribution in [0.15, 0.2) is 36.2 Å². The summed E-state index contributed by atoms with van der Waals surface area (Å²) in [4.78, 5) is 0. The molecule has 0 radical (unpaired) electrons. The van der Waals surface area contributed by atoms with Gasteiger partial charge >= 0.3 is 0 Å². The van der Waals surface area contributed by atoms with Crippen LogP contribution in [0.3, 0.4) is 0 Å². The van der Waals surface area contributed by atoms with Crippen LogP contribution in [0.2, 0.25) is 0 Å². The van der Waals surface area contributed by atoms with Gasteiger partial charge < -0.3 is 10.5 Å². The lowest BCUT2D eigenvalue weighted by atomic mass is 10.1. The molecule has 84 valence electrons. The molecular formula is C11H15ClFNO. The molecule has 0 atom stereocenters. The third-order valence-electron chi connectivity index (χ3n) is 1.89. The summed E-state index contributed by atoms with van der Waals surface area (Å²) in [6.07, 6.45) is 2.02. The topological polar surface area (TPSA) is 35.2 Å². The molecule has 2 N–H and O–H groups in total. The SMILES string of the molecule is COc1cccc(C/C=C(/F)CN)c1.Cl. The van der Waals surface area contributed by atoms with E-state index in [4.69, 9.17) is 10.5 Å². The summed E-state index contributed by atoms with van der Waals surface area (Å²) in [6, 6.07) is 7.53. The van der Waals surface area contributed by atoms with Crippen molar-refractivity contribution in [2.45, 2.75) is 6.42 Å². The van der Waals surface area contributed by atoms with Crippen molar-refractivity contribution in [3.8, 4) is 5.75 Å². The van der Waals surface area contributed by atoms with Gasteiger partial charge in [-0.25, -0.2) is 4.39 Å². The molecule has 0 spiro atoms. The Bertz CT molecular complexity index is 328. The number of methoxy groups -OCH3 is 1. The smallest absolute Gasteiger partial charge is 0.119 e. The maximum absolute atomic E-state index is 12.7. The molecule has 0 bridgehead atoms. The first-order chi connectivity index (χ1) is 6.76. The molecule has 1 aromatic carbocycles. The van der Waals surface area contributed by atoms with Crippen molar-refractivity contribution in [1.82, 2.24) is 0 Å². The summed E-state index contributed by atoms with van der Waals surface area (Å²) >= 11 is 0. The molecule has 0 amide bonds. The van der Waals surface area contributed by atoms with Gasteiger partial charge in [-0.2, -0.15) is 0 Å². The number of nitrogens with two attached hydrogens (primary N) is 1. The van der Waals surface area contributed by atoms with Crippen LogP contribution in [0.5, 0.6) is 5.75 Å². The molecule has 0 saturated carbocycles. The third-order valence-corrected chi connectivity index (χ3v) is 1.89. The second kappa shape index (κ2) is 7.26. The van der Waals surface area contributed by atoms with E-state index in [1.807, 2.05) is 24.3 Å². The largest absolute Gasteiger partial charge is 0.497 e. The monoisotopic (exact) mass is 231 g/mol. The Labute approximate surface area is 95.3 Å². The van der Waals surface area contributed by atoms with Gasteiger partial charge in [0.1, 0.15) is 11.6 Å².